The molecule has 98 valence electrons. The van der Waals surface area contributed by atoms with Crippen molar-refractivity contribution in [2.24, 2.45) is 0 Å². The molecule has 0 unspecified atom stereocenters. The molecule has 0 saturated carbocycles. The zero-order valence-electron chi connectivity index (χ0n) is 10.00. The highest BCUT2D eigenvalue weighted by molar-refractivity contribution is 9.10. The SMILES string of the molecule is CSc1ncc(C(=O)NCc2ncccn2)c(Br)n1. The van der Waals surface area contributed by atoms with Crippen molar-refractivity contribution in [2.75, 3.05) is 6.26 Å². The van der Waals surface area contributed by atoms with Gasteiger partial charge in [0.2, 0.25) is 0 Å². The molecule has 0 spiro atoms. The van der Waals surface area contributed by atoms with Crippen LogP contribution in [0.2, 0.25) is 0 Å². The largest absolute Gasteiger partial charge is 0.345 e. The summed E-state index contributed by atoms with van der Waals surface area (Å²) < 4.78 is 0.471. The summed E-state index contributed by atoms with van der Waals surface area (Å²) in [7, 11) is 0. The van der Waals surface area contributed by atoms with Gasteiger partial charge in [-0.15, -0.1) is 0 Å². The summed E-state index contributed by atoms with van der Waals surface area (Å²) in [6.45, 7) is 0.260. The van der Waals surface area contributed by atoms with Gasteiger partial charge in [0.25, 0.3) is 5.91 Å². The van der Waals surface area contributed by atoms with Gasteiger partial charge in [0.05, 0.1) is 12.1 Å². The summed E-state index contributed by atoms with van der Waals surface area (Å²) >= 11 is 4.67. The molecule has 0 atom stereocenters. The Bertz CT molecular complexity index is 581. The topological polar surface area (TPSA) is 80.7 Å². The fourth-order valence-electron chi connectivity index (χ4n) is 1.27. The van der Waals surface area contributed by atoms with Crippen molar-refractivity contribution in [3.8, 4) is 0 Å². The van der Waals surface area contributed by atoms with Crippen LogP contribution in [0.25, 0.3) is 0 Å². The highest BCUT2D eigenvalue weighted by Crippen LogP contribution is 2.17. The van der Waals surface area contributed by atoms with Crippen LogP contribution >= 0.6 is 27.7 Å². The number of hydrogen-bond acceptors (Lipinski definition) is 6. The molecule has 2 aromatic heterocycles. The lowest BCUT2D eigenvalue weighted by molar-refractivity contribution is 0.0948. The Labute approximate surface area is 122 Å². The van der Waals surface area contributed by atoms with Gasteiger partial charge in [0.15, 0.2) is 5.16 Å². The molecule has 0 aliphatic rings. The zero-order chi connectivity index (χ0) is 13.7. The Kier molecular flexibility index (Phi) is 4.80. The molecular weight excluding hydrogens is 330 g/mol. The number of nitrogens with one attached hydrogen (secondary N) is 1. The second kappa shape index (κ2) is 6.58. The molecule has 8 heteroatoms. The third kappa shape index (κ3) is 3.71. The molecule has 0 aliphatic heterocycles. The Morgan fingerprint density at radius 3 is 2.74 bits per heavy atom. The third-order valence-corrected chi connectivity index (χ3v) is 3.34. The average Bonchev–Trinajstić information content (AvgIpc) is 2.45. The minimum Gasteiger partial charge on any atom is -0.345 e. The molecule has 1 N–H and O–H groups in total. The quantitative estimate of drug-likeness (QED) is 0.518. The summed E-state index contributed by atoms with van der Waals surface area (Å²) in [5.41, 5.74) is 0.383. The summed E-state index contributed by atoms with van der Waals surface area (Å²) in [5, 5.41) is 3.32. The van der Waals surface area contributed by atoms with E-state index in [-0.39, 0.29) is 12.5 Å². The molecular formula is C11H10BrN5OS. The number of thioether (sulfide) groups is 1. The number of carbonyl (C=O) groups is 1. The lowest BCUT2D eigenvalue weighted by Crippen LogP contribution is -2.24. The van der Waals surface area contributed by atoms with E-state index in [2.05, 4.69) is 41.2 Å². The van der Waals surface area contributed by atoms with E-state index in [1.807, 2.05) is 6.26 Å². The van der Waals surface area contributed by atoms with Crippen molar-refractivity contribution in [3.05, 3.63) is 40.6 Å². The maximum atomic E-state index is 12.0. The minimum absolute atomic E-state index is 0.260. The molecule has 0 aliphatic carbocycles. The number of aromatic nitrogens is 4. The summed E-state index contributed by atoms with van der Waals surface area (Å²) in [6, 6.07) is 1.72. The third-order valence-electron chi connectivity index (χ3n) is 2.17. The van der Waals surface area contributed by atoms with Crippen LogP contribution in [0.3, 0.4) is 0 Å². The van der Waals surface area contributed by atoms with Crippen LogP contribution in [-0.2, 0) is 6.54 Å². The lowest BCUT2D eigenvalue weighted by Gasteiger charge is -2.05. The normalized spacial score (nSPS) is 10.2. The second-order valence-corrected chi connectivity index (χ2v) is 4.93. The molecule has 2 rings (SSSR count). The Hall–Kier alpha value is -1.54. The van der Waals surface area contributed by atoms with Crippen LogP contribution in [-0.4, -0.2) is 32.1 Å². The molecule has 0 fully saturated rings. The number of amides is 1. The van der Waals surface area contributed by atoms with Crippen molar-refractivity contribution < 1.29 is 4.79 Å². The maximum Gasteiger partial charge on any atom is 0.255 e. The lowest BCUT2D eigenvalue weighted by atomic mass is 10.3. The van der Waals surface area contributed by atoms with Gasteiger partial charge >= 0.3 is 0 Å². The van der Waals surface area contributed by atoms with E-state index in [0.717, 1.165) is 0 Å². The Balaban J connectivity index is 2.04. The van der Waals surface area contributed by atoms with Gasteiger partial charge in [-0.1, -0.05) is 11.8 Å². The Morgan fingerprint density at radius 1 is 1.37 bits per heavy atom. The van der Waals surface area contributed by atoms with Crippen LogP contribution in [0, 0.1) is 0 Å². The van der Waals surface area contributed by atoms with Crippen molar-refractivity contribution in [1.82, 2.24) is 25.3 Å². The van der Waals surface area contributed by atoms with Gasteiger partial charge in [-0.25, -0.2) is 19.9 Å². The van der Waals surface area contributed by atoms with Crippen molar-refractivity contribution in [1.29, 1.82) is 0 Å². The van der Waals surface area contributed by atoms with Crippen molar-refractivity contribution in [3.63, 3.8) is 0 Å². The highest BCUT2D eigenvalue weighted by Gasteiger charge is 2.12. The number of halogens is 1. The van der Waals surface area contributed by atoms with E-state index in [0.29, 0.717) is 21.1 Å². The number of rotatable bonds is 4. The summed E-state index contributed by atoms with van der Waals surface area (Å²) in [6.07, 6.45) is 6.61. The van der Waals surface area contributed by atoms with Crippen LogP contribution in [0.1, 0.15) is 16.2 Å². The fraction of sp³-hybridized carbons (Fsp3) is 0.182. The van der Waals surface area contributed by atoms with Crippen LogP contribution in [0.4, 0.5) is 0 Å². The zero-order valence-corrected chi connectivity index (χ0v) is 12.4. The van der Waals surface area contributed by atoms with E-state index >= 15 is 0 Å². The first kappa shape index (κ1) is 13.9. The highest BCUT2D eigenvalue weighted by atomic mass is 79.9. The molecule has 6 nitrogen and oxygen atoms in total. The molecule has 19 heavy (non-hydrogen) atoms. The minimum atomic E-state index is -0.271. The molecule has 0 aromatic carbocycles. The van der Waals surface area contributed by atoms with E-state index in [4.69, 9.17) is 0 Å². The standard InChI is InChI=1S/C11H10BrN5OS/c1-19-11-16-5-7(9(12)17-11)10(18)15-6-8-13-3-2-4-14-8/h2-5H,6H2,1H3,(H,15,18). The number of carbonyl (C=O) groups excluding carboxylic acids is 1. The van der Waals surface area contributed by atoms with Crippen molar-refractivity contribution >= 4 is 33.6 Å². The van der Waals surface area contributed by atoms with Gasteiger partial charge in [-0.05, 0) is 28.3 Å². The van der Waals surface area contributed by atoms with E-state index < -0.39 is 0 Å². The Morgan fingerprint density at radius 2 is 2.11 bits per heavy atom. The first-order valence-corrected chi connectivity index (χ1v) is 7.33. The number of nitrogens with zero attached hydrogens (tertiary/aromatic N) is 4. The smallest absolute Gasteiger partial charge is 0.255 e. The van der Waals surface area contributed by atoms with E-state index in [1.54, 1.807) is 18.5 Å². The van der Waals surface area contributed by atoms with E-state index in [9.17, 15) is 4.79 Å². The fourth-order valence-corrected chi connectivity index (χ4v) is 2.18. The predicted molar refractivity (Wildman–Crippen MR) is 74.7 cm³/mol. The van der Waals surface area contributed by atoms with Gasteiger partial charge in [0.1, 0.15) is 10.4 Å². The molecule has 0 radical (unpaired) electrons. The van der Waals surface area contributed by atoms with Gasteiger partial charge in [-0.2, -0.15) is 0 Å². The van der Waals surface area contributed by atoms with Crippen LogP contribution in [0.5, 0.6) is 0 Å². The molecule has 2 aromatic rings. The number of hydrogen-bond donors (Lipinski definition) is 1. The molecule has 1 amide bonds. The van der Waals surface area contributed by atoms with Crippen molar-refractivity contribution in [2.45, 2.75) is 11.7 Å². The first-order chi connectivity index (χ1) is 9.20. The molecule has 2 heterocycles. The first-order valence-electron chi connectivity index (χ1n) is 5.31. The average molecular weight is 340 g/mol. The van der Waals surface area contributed by atoms with E-state index in [1.165, 1.54) is 18.0 Å². The second-order valence-electron chi connectivity index (χ2n) is 3.41. The summed E-state index contributed by atoms with van der Waals surface area (Å²) in [4.78, 5) is 28.2. The van der Waals surface area contributed by atoms with Gasteiger partial charge < -0.3 is 5.32 Å². The van der Waals surface area contributed by atoms with Crippen LogP contribution < -0.4 is 5.32 Å². The molecule has 0 saturated heterocycles. The summed E-state index contributed by atoms with van der Waals surface area (Å²) in [5.74, 6) is 0.278. The van der Waals surface area contributed by atoms with Gasteiger partial charge in [-0.3, -0.25) is 4.79 Å². The molecule has 0 bridgehead atoms. The van der Waals surface area contributed by atoms with Gasteiger partial charge in [0, 0.05) is 18.6 Å². The predicted octanol–water partition coefficient (Wildman–Crippen LogP) is 1.68. The monoisotopic (exact) mass is 339 g/mol. The maximum absolute atomic E-state index is 12.0. The van der Waals surface area contributed by atoms with Crippen LogP contribution in [0.15, 0.2) is 34.4 Å².